The van der Waals surface area contributed by atoms with E-state index >= 15 is 0 Å². The summed E-state index contributed by atoms with van der Waals surface area (Å²) in [5.41, 5.74) is 0. The van der Waals surface area contributed by atoms with Gasteiger partial charge in [-0.15, -0.1) is 0 Å². The number of rotatable bonds is 5. The Morgan fingerprint density at radius 1 is 1.62 bits per heavy atom. The monoisotopic (exact) mass is 230 g/mol. The molecule has 1 aliphatic rings. The summed E-state index contributed by atoms with van der Waals surface area (Å²) >= 11 is 0. The Hall–Kier alpha value is -0.650. The van der Waals surface area contributed by atoms with Crippen LogP contribution in [-0.2, 0) is 9.53 Å². The molecule has 0 saturated carbocycles. The van der Waals surface area contributed by atoms with Crippen molar-refractivity contribution in [3.8, 4) is 0 Å². The average Bonchev–Trinajstić information content (AvgIpc) is 2.29. The average molecular weight is 230 g/mol. The Morgan fingerprint density at radius 2 is 2.38 bits per heavy atom. The third-order valence-corrected chi connectivity index (χ3v) is 2.95. The fraction of sp³-hybridized carbons (Fsp3) is 0.909. The minimum absolute atomic E-state index is 0.00551. The van der Waals surface area contributed by atoms with E-state index in [2.05, 4.69) is 10.6 Å². The first-order chi connectivity index (χ1) is 7.63. The molecule has 5 nitrogen and oxygen atoms in total. The van der Waals surface area contributed by atoms with Gasteiger partial charge in [-0.05, 0) is 12.8 Å². The van der Waals surface area contributed by atoms with Gasteiger partial charge >= 0.3 is 0 Å². The van der Waals surface area contributed by atoms with Gasteiger partial charge in [0.15, 0.2) is 0 Å². The highest BCUT2D eigenvalue weighted by molar-refractivity contribution is 5.76. The van der Waals surface area contributed by atoms with E-state index in [0.717, 1.165) is 13.1 Å². The van der Waals surface area contributed by atoms with E-state index in [-0.39, 0.29) is 30.6 Å². The summed E-state index contributed by atoms with van der Waals surface area (Å²) < 4.78 is 5.44. The predicted octanol–water partition coefficient (Wildman–Crippen LogP) is -0.502. The van der Waals surface area contributed by atoms with Crippen molar-refractivity contribution in [3.63, 3.8) is 0 Å². The number of ether oxygens (including phenoxy) is 1. The molecule has 1 amide bonds. The molecule has 3 unspecified atom stereocenters. The standard InChI is InChI=1S/C11H22N2O3/c1-8(7-14)9(2)13-11(15)5-10-6-12-3-4-16-10/h8-10,12,14H,3-7H2,1-2H3,(H,13,15). The van der Waals surface area contributed by atoms with Gasteiger partial charge in [0.1, 0.15) is 0 Å². The van der Waals surface area contributed by atoms with Crippen LogP contribution in [0.25, 0.3) is 0 Å². The molecule has 1 heterocycles. The minimum atomic E-state index is -0.0228. The van der Waals surface area contributed by atoms with Crippen molar-refractivity contribution in [1.82, 2.24) is 10.6 Å². The summed E-state index contributed by atoms with van der Waals surface area (Å²) in [4.78, 5) is 11.6. The molecular weight excluding hydrogens is 208 g/mol. The minimum Gasteiger partial charge on any atom is -0.396 e. The van der Waals surface area contributed by atoms with Crippen molar-refractivity contribution >= 4 is 5.91 Å². The molecule has 0 aromatic carbocycles. The van der Waals surface area contributed by atoms with Crippen LogP contribution in [0.3, 0.4) is 0 Å². The van der Waals surface area contributed by atoms with Crippen LogP contribution in [0.5, 0.6) is 0 Å². The van der Waals surface area contributed by atoms with Gasteiger partial charge in [0, 0.05) is 25.7 Å². The predicted molar refractivity (Wildman–Crippen MR) is 61.1 cm³/mol. The first-order valence-corrected chi connectivity index (χ1v) is 5.86. The summed E-state index contributed by atoms with van der Waals surface area (Å²) in [7, 11) is 0. The molecule has 0 aromatic heterocycles. The highest BCUT2D eigenvalue weighted by Gasteiger charge is 2.19. The second-order valence-electron chi connectivity index (χ2n) is 4.42. The number of carbonyl (C=O) groups is 1. The van der Waals surface area contributed by atoms with Crippen LogP contribution in [0.15, 0.2) is 0 Å². The van der Waals surface area contributed by atoms with Crippen LogP contribution in [0.4, 0.5) is 0 Å². The van der Waals surface area contributed by atoms with Crippen LogP contribution < -0.4 is 10.6 Å². The van der Waals surface area contributed by atoms with E-state index < -0.39 is 0 Å². The Labute approximate surface area is 96.6 Å². The molecule has 1 saturated heterocycles. The SMILES string of the molecule is CC(CO)C(C)NC(=O)CC1CNCCO1. The number of nitrogens with one attached hydrogen (secondary N) is 2. The second-order valence-corrected chi connectivity index (χ2v) is 4.42. The quantitative estimate of drug-likeness (QED) is 0.595. The number of aliphatic hydroxyl groups excluding tert-OH is 1. The van der Waals surface area contributed by atoms with E-state index in [0.29, 0.717) is 13.0 Å². The Kier molecular flexibility index (Phi) is 5.73. The summed E-state index contributed by atoms with van der Waals surface area (Å²) in [5.74, 6) is 0.0656. The fourth-order valence-electron chi connectivity index (χ4n) is 1.57. The molecule has 1 aliphatic heterocycles. The van der Waals surface area contributed by atoms with Gasteiger partial charge in [-0.25, -0.2) is 0 Å². The highest BCUT2D eigenvalue weighted by atomic mass is 16.5. The topological polar surface area (TPSA) is 70.6 Å². The zero-order valence-electron chi connectivity index (χ0n) is 10.0. The molecule has 0 aliphatic carbocycles. The van der Waals surface area contributed by atoms with Crippen molar-refractivity contribution in [2.45, 2.75) is 32.4 Å². The zero-order valence-corrected chi connectivity index (χ0v) is 10.0. The smallest absolute Gasteiger partial charge is 0.222 e. The highest BCUT2D eigenvalue weighted by Crippen LogP contribution is 2.04. The van der Waals surface area contributed by atoms with Gasteiger partial charge in [-0.2, -0.15) is 0 Å². The van der Waals surface area contributed by atoms with Gasteiger partial charge in [0.25, 0.3) is 0 Å². The molecule has 16 heavy (non-hydrogen) atoms. The lowest BCUT2D eigenvalue weighted by Gasteiger charge is -2.25. The fourth-order valence-corrected chi connectivity index (χ4v) is 1.57. The molecule has 0 spiro atoms. The van der Waals surface area contributed by atoms with E-state index in [9.17, 15) is 4.79 Å². The summed E-state index contributed by atoms with van der Waals surface area (Å²) in [6.07, 6.45) is 0.362. The molecule has 5 heteroatoms. The first kappa shape index (κ1) is 13.4. The normalized spacial score (nSPS) is 24.8. The van der Waals surface area contributed by atoms with E-state index in [1.165, 1.54) is 0 Å². The maximum Gasteiger partial charge on any atom is 0.222 e. The van der Waals surface area contributed by atoms with Crippen LogP contribution in [0.1, 0.15) is 20.3 Å². The van der Waals surface area contributed by atoms with Gasteiger partial charge in [-0.1, -0.05) is 6.92 Å². The number of carbonyl (C=O) groups excluding carboxylic acids is 1. The number of hydrogen-bond acceptors (Lipinski definition) is 4. The van der Waals surface area contributed by atoms with Crippen molar-refractivity contribution in [2.75, 3.05) is 26.3 Å². The van der Waals surface area contributed by atoms with Gasteiger partial charge in [0.2, 0.25) is 5.91 Å². The van der Waals surface area contributed by atoms with Crippen LogP contribution in [0.2, 0.25) is 0 Å². The third kappa shape index (κ3) is 4.47. The maximum atomic E-state index is 11.6. The molecule has 0 bridgehead atoms. The van der Waals surface area contributed by atoms with Gasteiger partial charge < -0.3 is 20.5 Å². The lowest BCUT2D eigenvalue weighted by atomic mass is 10.0. The Balaban J connectivity index is 2.23. The zero-order chi connectivity index (χ0) is 12.0. The number of hydrogen-bond donors (Lipinski definition) is 3. The number of aliphatic hydroxyl groups is 1. The van der Waals surface area contributed by atoms with E-state index in [1.807, 2.05) is 13.8 Å². The Morgan fingerprint density at radius 3 is 2.94 bits per heavy atom. The van der Waals surface area contributed by atoms with Gasteiger partial charge in [0.05, 0.1) is 19.1 Å². The Bertz CT molecular complexity index is 211. The van der Waals surface area contributed by atoms with Crippen molar-refractivity contribution in [1.29, 1.82) is 0 Å². The summed E-state index contributed by atoms with van der Waals surface area (Å²) in [6.45, 7) is 6.15. The molecule has 0 aromatic rings. The first-order valence-electron chi connectivity index (χ1n) is 5.86. The second kappa shape index (κ2) is 6.83. The molecule has 1 rings (SSSR count). The van der Waals surface area contributed by atoms with Crippen molar-refractivity contribution < 1.29 is 14.6 Å². The maximum absolute atomic E-state index is 11.6. The third-order valence-electron chi connectivity index (χ3n) is 2.95. The van der Waals surface area contributed by atoms with Crippen LogP contribution in [-0.4, -0.2) is 49.5 Å². The molecule has 94 valence electrons. The van der Waals surface area contributed by atoms with Crippen LogP contribution in [0, 0.1) is 5.92 Å². The summed E-state index contributed by atoms with van der Waals surface area (Å²) in [5, 5.41) is 15.0. The number of amides is 1. The molecule has 3 atom stereocenters. The number of morpholine rings is 1. The molecule has 1 fully saturated rings. The molecule has 3 N–H and O–H groups in total. The van der Waals surface area contributed by atoms with E-state index in [4.69, 9.17) is 9.84 Å². The van der Waals surface area contributed by atoms with Gasteiger partial charge in [-0.3, -0.25) is 4.79 Å². The molecule has 0 radical (unpaired) electrons. The summed E-state index contributed by atoms with van der Waals surface area (Å²) in [6, 6.07) is -0.00551. The van der Waals surface area contributed by atoms with Crippen LogP contribution >= 0.6 is 0 Å². The molecular formula is C11H22N2O3. The van der Waals surface area contributed by atoms with Crippen molar-refractivity contribution in [2.24, 2.45) is 5.92 Å². The van der Waals surface area contributed by atoms with E-state index in [1.54, 1.807) is 0 Å². The lowest BCUT2D eigenvalue weighted by Crippen LogP contribution is -2.44. The lowest BCUT2D eigenvalue weighted by molar-refractivity contribution is -0.125. The largest absolute Gasteiger partial charge is 0.396 e. The van der Waals surface area contributed by atoms with Crippen molar-refractivity contribution in [3.05, 3.63) is 0 Å².